The Morgan fingerprint density at radius 3 is 2.14 bits per heavy atom. The lowest BCUT2D eigenvalue weighted by Gasteiger charge is -2.39. The Morgan fingerprint density at radius 2 is 1.58 bits per heavy atom. The molecule has 4 N–H and O–H groups in total. The molecule has 8 nitrogen and oxygen atoms in total. The lowest BCUT2D eigenvalue weighted by atomic mass is 9.80. The average Bonchev–Trinajstić information content (AvgIpc) is 2.85. The van der Waals surface area contributed by atoms with Crippen LogP contribution in [0.15, 0.2) is 42.5 Å². The van der Waals surface area contributed by atoms with Gasteiger partial charge >= 0.3 is 12.1 Å². The van der Waals surface area contributed by atoms with Crippen molar-refractivity contribution in [1.82, 2.24) is 10.2 Å². The second-order valence-electron chi connectivity index (χ2n) is 8.80. The minimum absolute atomic E-state index is 0.0119. The first-order chi connectivity index (χ1) is 16.9. The summed E-state index contributed by atoms with van der Waals surface area (Å²) in [4.78, 5) is 50.1. The van der Waals surface area contributed by atoms with E-state index in [1.165, 1.54) is 0 Å². The number of carboxylic acids is 1. The first-order valence-electron chi connectivity index (χ1n) is 11.2. The van der Waals surface area contributed by atoms with E-state index in [9.17, 15) is 27.6 Å². The fraction of sp³-hybridized carbons (Fsp3) is 0.360. The number of ketones is 2. The number of nitrogens with zero attached hydrogens (tertiary/aromatic N) is 1. The molecule has 1 aliphatic heterocycles. The lowest BCUT2D eigenvalue weighted by molar-refractivity contribution is -0.192. The summed E-state index contributed by atoms with van der Waals surface area (Å²) in [5.41, 5.74) is 8.50. The SMILES string of the molecule is CC(C)[C@H](N)C(=O)N1CCNCC1c1cccc2c1C(=O)c1ccccc1C2=O.O=C(O)C(F)(F)F. The predicted octanol–water partition coefficient (Wildman–Crippen LogP) is 2.55. The van der Waals surface area contributed by atoms with Crippen LogP contribution >= 0.6 is 0 Å². The molecule has 36 heavy (non-hydrogen) atoms. The normalized spacial score (nSPS) is 18.1. The van der Waals surface area contributed by atoms with Gasteiger partial charge in [-0.1, -0.05) is 56.3 Å². The number of nitrogens with one attached hydrogen (secondary N) is 1. The first-order valence-corrected chi connectivity index (χ1v) is 11.2. The van der Waals surface area contributed by atoms with Gasteiger partial charge in [0.2, 0.25) is 5.91 Å². The van der Waals surface area contributed by atoms with Gasteiger partial charge in [-0.05, 0) is 11.5 Å². The van der Waals surface area contributed by atoms with Gasteiger partial charge in [0, 0.05) is 41.9 Å². The number of piperazine rings is 1. The number of amides is 1. The number of alkyl halides is 3. The predicted molar refractivity (Wildman–Crippen MR) is 124 cm³/mol. The minimum Gasteiger partial charge on any atom is -0.475 e. The Labute approximate surface area is 205 Å². The zero-order chi connectivity index (χ0) is 26.8. The van der Waals surface area contributed by atoms with E-state index in [0.29, 0.717) is 47.5 Å². The second-order valence-corrected chi connectivity index (χ2v) is 8.80. The van der Waals surface area contributed by atoms with Gasteiger partial charge in [-0.2, -0.15) is 13.2 Å². The third-order valence-corrected chi connectivity index (χ3v) is 6.12. The van der Waals surface area contributed by atoms with Crippen molar-refractivity contribution in [2.75, 3.05) is 19.6 Å². The zero-order valence-electron chi connectivity index (χ0n) is 19.6. The van der Waals surface area contributed by atoms with Crippen molar-refractivity contribution < 1.29 is 37.5 Å². The molecule has 0 aromatic heterocycles. The molecular formula is C25H26F3N3O5. The number of rotatable bonds is 3. The van der Waals surface area contributed by atoms with Gasteiger partial charge in [0.05, 0.1) is 12.1 Å². The molecule has 4 rings (SSSR count). The van der Waals surface area contributed by atoms with Crippen LogP contribution in [0.1, 0.15) is 57.3 Å². The molecule has 2 atom stereocenters. The van der Waals surface area contributed by atoms with E-state index in [4.69, 9.17) is 15.6 Å². The molecule has 0 saturated carbocycles. The van der Waals surface area contributed by atoms with E-state index in [1.807, 2.05) is 19.9 Å². The van der Waals surface area contributed by atoms with Gasteiger partial charge in [-0.3, -0.25) is 14.4 Å². The third-order valence-electron chi connectivity index (χ3n) is 6.12. The fourth-order valence-electron chi connectivity index (χ4n) is 4.17. The maximum Gasteiger partial charge on any atom is 0.490 e. The Bertz CT molecular complexity index is 1200. The molecule has 0 radical (unpaired) electrons. The molecule has 1 saturated heterocycles. The summed E-state index contributed by atoms with van der Waals surface area (Å²) in [6.07, 6.45) is -5.08. The van der Waals surface area contributed by atoms with E-state index in [1.54, 1.807) is 41.3 Å². The number of fused-ring (bicyclic) bond motifs is 2. The van der Waals surface area contributed by atoms with Crippen molar-refractivity contribution >= 4 is 23.4 Å². The smallest absolute Gasteiger partial charge is 0.475 e. The van der Waals surface area contributed by atoms with Crippen LogP contribution in [0.3, 0.4) is 0 Å². The molecule has 1 amide bonds. The van der Waals surface area contributed by atoms with Gasteiger partial charge in [0.15, 0.2) is 11.6 Å². The van der Waals surface area contributed by atoms with Crippen molar-refractivity contribution in [2.45, 2.75) is 32.1 Å². The number of carboxylic acid groups (broad SMARTS) is 1. The number of nitrogens with two attached hydrogens (primary N) is 1. The maximum atomic E-state index is 13.3. The summed E-state index contributed by atoms with van der Waals surface area (Å²) in [6.45, 7) is 5.52. The van der Waals surface area contributed by atoms with E-state index < -0.39 is 18.2 Å². The van der Waals surface area contributed by atoms with Gasteiger partial charge in [0.1, 0.15) is 0 Å². The lowest BCUT2D eigenvalue weighted by Crippen LogP contribution is -2.55. The second kappa shape index (κ2) is 10.6. The summed E-state index contributed by atoms with van der Waals surface area (Å²) >= 11 is 0. The largest absolute Gasteiger partial charge is 0.490 e. The van der Waals surface area contributed by atoms with Gasteiger partial charge in [-0.15, -0.1) is 0 Å². The number of carbonyl (C=O) groups is 4. The van der Waals surface area contributed by atoms with Gasteiger partial charge < -0.3 is 21.1 Å². The van der Waals surface area contributed by atoms with Crippen molar-refractivity contribution in [2.24, 2.45) is 11.7 Å². The Kier molecular flexibility index (Phi) is 7.95. The Morgan fingerprint density at radius 1 is 1.03 bits per heavy atom. The molecule has 0 bridgehead atoms. The minimum atomic E-state index is -5.08. The summed E-state index contributed by atoms with van der Waals surface area (Å²) in [6, 6.07) is 11.3. The topological polar surface area (TPSA) is 130 Å². The number of hydrogen-bond acceptors (Lipinski definition) is 6. The highest BCUT2D eigenvalue weighted by Crippen LogP contribution is 2.34. The van der Waals surface area contributed by atoms with E-state index >= 15 is 0 Å². The van der Waals surface area contributed by atoms with Crippen LogP contribution in [0, 0.1) is 5.92 Å². The molecule has 0 spiro atoms. The fourth-order valence-corrected chi connectivity index (χ4v) is 4.17. The number of benzene rings is 2. The molecule has 1 unspecified atom stereocenters. The molecule has 11 heteroatoms. The van der Waals surface area contributed by atoms with Crippen molar-refractivity contribution in [3.63, 3.8) is 0 Å². The standard InChI is InChI=1S/C23H25N3O3.C2HF3O2/c1-13(2)20(24)23(29)26-11-10-25-12-18(26)16-8-5-9-17-19(16)22(28)15-7-4-3-6-14(15)21(17)27;3-2(4,5)1(6)7/h3-9,13,18,20,25H,10-12,24H2,1-2H3;(H,6,7)/t18?,20-;/m0./s1. The number of aliphatic carboxylic acids is 1. The monoisotopic (exact) mass is 505 g/mol. The summed E-state index contributed by atoms with van der Waals surface area (Å²) in [7, 11) is 0. The highest BCUT2D eigenvalue weighted by Gasteiger charge is 2.39. The van der Waals surface area contributed by atoms with E-state index in [0.717, 1.165) is 0 Å². The van der Waals surface area contributed by atoms with Crippen molar-refractivity contribution in [3.05, 3.63) is 70.3 Å². The quantitative estimate of drug-likeness (QED) is 0.499. The van der Waals surface area contributed by atoms with Crippen LogP contribution in [0.4, 0.5) is 13.2 Å². The van der Waals surface area contributed by atoms with Gasteiger partial charge in [-0.25, -0.2) is 4.79 Å². The number of halogens is 3. The molecule has 1 fully saturated rings. The molecule has 2 aromatic rings. The average molecular weight is 505 g/mol. The van der Waals surface area contributed by atoms with Crippen molar-refractivity contribution in [1.29, 1.82) is 0 Å². The molecule has 2 aliphatic rings. The van der Waals surface area contributed by atoms with Crippen LogP contribution in [0.5, 0.6) is 0 Å². The molecular weight excluding hydrogens is 479 g/mol. The van der Waals surface area contributed by atoms with E-state index in [2.05, 4.69) is 5.32 Å². The summed E-state index contributed by atoms with van der Waals surface area (Å²) in [5.74, 6) is -3.20. The number of hydrogen-bond donors (Lipinski definition) is 3. The summed E-state index contributed by atoms with van der Waals surface area (Å²) < 4.78 is 31.7. The van der Waals surface area contributed by atoms with E-state index in [-0.39, 0.29) is 29.4 Å². The first kappa shape index (κ1) is 27.0. The van der Waals surface area contributed by atoms with Gasteiger partial charge in [0.25, 0.3) is 0 Å². The zero-order valence-corrected chi connectivity index (χ0v) is 19.6. The highest BCUT2D eigenvalue weighted by molar-refractivity contribution is 6.28. The van der Waals surface area contributed by atoms with Crippen LogP contribution < -0.4 is 11.1 Å². The summed E-state index contributed by atoms with van der Waals surface area (Å²) in [5, 5.41) is 10.4. The van der Waals surface area contributed by atoms with Crippen LogP contribution in [-0.4, -0.2) is 65.3 Å². The number of carbonyl (C=O) groups excluding carboxylic acids is 3. The van der Waals surface area contributed by atoms with Crippen LogP contribution in [0.25, 0.3) is 0 Å². The van der Waals surface area contributed by atoms with Crippen LogP contribution in [-0.2, 0) is 9.59 Å². The molecule has 1 aliphatic carbocycles. The Balaban J connectivity index is 0.000000454. The van der Waals surface area contributed by atoms with Crippen molar-refractivity contribution in [3.8, 4) is 0 Å². The molecule has 192 valence electrons. The maximum absolute atomic E-state index is 13.3. The van der Waals surface area contributed by atoms with Crippen LogP contribution in [0.2, 0.25) is 0 Å². The highest BCUT2D eigenvalue weighted by atomic mass is 19.4. The molecule has 2 aromatic carbocycles. The Hall–Kier alpha value is -3.57. The molecule has 1 heterocycles. The third kappa shape index (κ3) is 5.31.